The number of halogens is 6. The van der Waals surface area contributed by atoms with Crippen molar-refractivity contribution < 1.29 is 39.6 Å². The molecule has 0 aromatic heterocycles. The van der Waals surface area contributed by atoms with E-state index in [9.17, 15) is 39.6 Å². The molecule has 0 radical (unpaired) electrons. The Balaban J connectivity index is 2.83. The van der Waals surface area contributed by atoms with Crippen molar-refractivity contribution in [3.63, 3.8) is 0 Å². The van der Waals surface area contributed by atoms with Gasteiger partial charge in [0.2, 0.25) is 5.91 Å². The van der Waals surface area contributed by atoms with Crippen molar-refractivity contribution in [2.24, 2.45) is 11.5 Å². The number of primary amides is 1. The molecule has 2 aromatic carbocycles. The molecule has 0 aliphatic heterocycles. The van der Waals surface area contributed by atoms with E-state index < -0.39 is 62.2 Å². The SMILES string of the molecule is C[C@@](CN)(N(c1cc(F)c(F)c(F)c1)S(=O)(=O)c1ccc(C(N)=O)cc1)C(F)(F)F. The monoisotopic (exact) mass is 455 g/mol. The number of alkyl halides is 3. The van der Waals surface area contributed by atoms with Crippen molar-refractivity contribution in [1.29, 1.82) is 0 Å². The predicted octanol–water partition coefficient (Wildman–Crippen LogP) is 2.68. The molecule has 0 spiro atoms. The van der Waals surface area contributed by atoms with Gasteiger partial charge in [0, 0.05) is 24.2 Å². The number of benzene rings is 2. The Morgan fingerprint density at radius 3 is 1.87 bits per heavy atom. The Morgan fingerprint density at radius 1 is 1.03 bits per heavy atom. The Hall–Kier alpha value is -2.80. The van der Waals surface area contributed by atoms with Crippen LogP contribution in [0.4, 0.5) is 32.0 Å². The third-order valence-corrected chi connectivity index (χ3v) is 6.30. The molecule has 2 rings (SSSR count). The van der Waals surface area contributed by atoms with Crippen LogP contribution in [-0.2, 0) is 10.0 Å². The Labute approximate surface area is 167 Å². The largest absolute Gasteiger partial charge is 0.413 e. The van der Waals surface area contributed by atoms with Gasteiger partial charge in [-0.25, -0.2) is 25.9 Å². The second-order valence-corrected chi connectivity index (χ2v) is 8.14. The molecule has 0 aliphatic carbocycles. The number of rotatable bonds is 6. The summed E-state index contributed by atoms with van der Waals surface area (Å²) >= 11 is 0. The molecule has 164 valence electrons. The summed E-state index contributed by atoms with van der Waals surface area (Å²) in [6.45, 7) is -0.933. The van der Waals surface area contributed by atoms with Crippen LogP contribution in [-0.4, -0.2) is 32.6 Å². The molecule has 1 atom stereocenters. The van der Waals surface area contributed by atoms with E-state index in [1.807, 2.05) is 0 Å². The van der Waals surface area contributed by atoms with Crippen LogP contribution < -0.4 is 15.8 Å². The minimum Gasteiger partial charge on any atom is -0.366 e. The first kappa shape index (κ1) is 23.5. The van der Waals surface area contributed by atoms with Gasteiger partial charge in [-0.3, -0.25) is 4.79 Å². The molecular formula is C17H15F6N3O3S. The molecule has 4 N–H and O–H groups in total. The molecule has 0 saturated carbocycles. The summed E-state index contributed by atoms with van der Waals surface area (Å²) in [5, 5.41) is 0. The topological polar surface area (TPSA) is 106 Å². The van der Waals surface area contributed by atoms with E-state index >= 15 is 0 Å². The number of hydrogen-bond donors (Lipinski definition) is 2. The number of nitrogens with zero attached hydrogens (tertiary/aromatic N) is 1. The van der Waals surface area contributed by atoms with Gasteiger partial charge in [-0.2, -0.15) is 13.2 Å². The molecule has 13 heteroatoms. The van der Waals surface area contributed by atoms with E-state index in [-0.39, 0.29) is 22.0 Å². The highest BCUT2D eigenvalue weighted by Crippen LogP contribution is 2.41. The Bertz CT molecular complexity index is 1050. The summed E-state index contributed by atoms with van der Waals surface area (Å²) in [6.07, 6.45) is -5.30. The summed E-state index contributed by atoms with van der Waals surface area (Å²) in [7, 11) is -5.17. The fourth-order valence-electron chi connectivity index (χ4n) is 2.56. The number of hydrogen-bond acceptors (Lipinski definition) is 4. The molecule has 0 saturated heterocycles. The van der Waals surface area contributed by atoms with E-state index in [0.29, 0.717) is 6.92 Å². The van der Waals surface area contributed by atoms with Crippen LogP contribution in [0.5, 0.6) is 0 Å². The lowest BCUT2D eigenvalue weighted by Gasteiger charge is -2.42. The van der Waals surface area contributed by atoms with Crippen LogP contribution in [0.3, 0.4) is 0 Å². The van der Waals surface area contributed by atoms with Crippen LogP contribution in [0.2, 0.25) is 0 Å². The smallest absolute Gasteiger partial charge is 0.366 e. The van der Waals surface area contributed by atoms with Gasteiger partial charge >= 0.3 is 6.18 Å². The molecule has 1 amide bonds. The minimum atomic E-state index is -5.30. The lowest BCUT2D eigenvalue weighted by atomic mass is 10.0. The zero-order valence-corrected chi connectivity index (χ0v) is 16.0. The fraction of sp³-hybridized carbons (Fsp3) is 0.235. The van der Waals surface area contributed by atoms with Crippen molar-refractivity contribution in [2.75, 3.05) is 10.8 Å². The highest BCUT2D eigenvalue weighted by atomic mass is 32.2. The highest BCUT2D eigenvalue weighted by Gasteiger charge is 2.58. The molecular weight excluding hydrogens is 440 g/mol. The average molecular weight is 455 g/mol. The lowest BCUT2D eigenvalue weighted by Crippen LogP contribution is -2.63. The maximum Gasteiger partial charge on any atom is 0.413 e. The standard InChI is InChI=1S/C17H15F6N3O3S/c1-16(8-24,17(21,22)23)26(10-6-12(18)14(20)13(19)7-10)30(28,29)11-4-2-9(3-5-11)15(25)27/h2-7H,8,24H2,1H3,(H2,25,27)/t16-/m0/s1. The van der Waals surface area contributed by atoms with E-state index in [1.54, 1.807) is 0 Å². The van der Waals surface area contributed by atoms with Crippen LogP contribution in [0, 0.1) is 17.5 Å². The van der Waals surface area contributed by atoms with Crippen molar-refractivity contribution in [1.82, 2.24) is 0 Å². The second-order valence-electron chi connectivity index (χ2n) is 6.36. The van der Waals surface area contributed by atoms with Crippen LogP contribution in [0.1, 0.15) is 17.3 Å². The highest BCUT2D eigenvalue weighted by molar-refractivity contribution is 7.93. The molecule has 0 unspecified atom stereocenters. The van der Waals surface area contributed by atoms with Crippen LogP contribution in [0.25, 0.3) is 0 Å². The zero-order chi connectivity index (χ0) is 23.1. The van der Waals surface area contributed by atoms with Gasteiger partial charge in [-0.05, 0) is 31.2 Å². The van der Waals surface area contributed by atoms with E-state index in [2.05, 4.69) is 0 Å². The minimum absolute atomic E-state index is 0.105. The second kappa shape index (κ2) is 7.80. The van der Waals surface area contributed by atoms with Crippen molar-refractivity contribution in [3.8, 4) is 0 Å². The molecule has 2 aromatic rings. The normalized spacial score (nSPS) is 14.3. The maximum absolute atomic E-state index is 13.8. The van der Waals surface area contributed by atoms with E-state index in [4.69, 9.17) is 11.5 Å². The van der Waals surface area contributed by atoms with Crippen molar-refractivity contribution >= 4 is 21.6 Å². The third-order valence-electron chi connectivity index (χ3n) is 4.34. The van der Waals surface area contributed by atoms with Crippen LogP contribution >= 0.6 is 0 Å². The summed E-state index contributed by atoms with van der Waals surface area (Å²) in [4.78, 5) is 10.4. The Morgan fingerprint density at radius 2 is 1.50 bits per heavy atom. The molecule has 6 nitrogen and oxygen atoms in total. The summed E-state index contributed by atoms with van der Waals surface area (Å²) in [5.41, 5.74) is 5.61. The number of anilines is 1. The number of sulfonamides is 1. The van der Waals surface area contributed by atoms with Crippen LogP contribution in [0.15, 0.2) is 41.3 Å². The molecule has 0 heterocycles. The van der Waals surface area contributed by atoms with Crippen molar-refractivity contribution in [2.45, 2.75) is 23.5 Å². The third kappa shape index (κ3) is 3.94. The van der Waals surface area contributed by atoms with Gasteiger partial charge in [0.15, 0.2) is 23.0 Å². The lowest BCUT2D eigenvalue weighted by molar-refractivity contribution is -0.175. The van der Waals surface area contributed by atoms with Gasteiger partial charge < -0.3 is 11.5 Å². The van der Waals surface area contributed by atoms with Gasteiger partial charge in [0.05, 0.1) is 10.6 Å². The van der Waals surface area contributed by atoms with E-state index in [1.165, 1.54) is 0 Å². The van der Waals surface area contributed by atoms with Gasteiger partial charge in [0.1, 0.15) is 0 Å². The molecule has 30 heavy (non-hydrogen) atoms. The number of amides is 1. The molecule has 0 fully saturated rings. The summed E-state index contributed by atoms with van der Waals surface area (Å²) in [5.74, 6) is -6.74. The zero-order valence-electron chi connectivity index (χ0n) is 15.2. The number of nitrogens with two attached hydrogens (primary N) is 2. The molecule has 0 bridgehead atoms. The summed E-state index contributed by atoms with van der Waals surface area (Å²) < 4.78 is 108. The quantitative estimate of drug-likeness (QED) is 0.516. The number of carbonyl (C=O) groups excluding carboxylic acids is 1. The van der Waals surface area contributed by atoms with Gasteiger partial charge in [-0.1, -0.05) is 0 Å². The summed E-state index contributed by atoms with van der Waals surface area (Å²) in [6, 6.07) is 3.65. The first-order valence-electron chi connectivity index (χ1n) is 8.03. The first-order chi connectivity index (χ1) is 13.7. The number of carbonyl (C=O) groups is 1. The first-order valence-corrected chi connectivity index (χ1v) is 9.47. The van der Waals surface area contributed by atoms with Gasteiger partial charge in [0.25, 0.3) is 10.0 Å². The van der Waals surface area contributed by atoms with E-state index in [0.717, 1.165) is 24.3 Å². The Kier molecular flexibility index (Phi) is 6.10. The van der Waals surface area contributed by atoms with Crippen molar-refractivity contribution in [3.05, 3.63) is 59.4 Å². The maximum atomic E-state index is 13.8. The average Bonchev–Trinajstić information content (AvgIpc) is 2.64. The predicted molar refractivity (Wildman–Crippen MR) is 94.5 cm³/mol. The fourth-order valence-corrected chi connectivity index (χ4v) is 4.34. The molecule has 0 aliphatic rings. The van der Waals surface area contributed by atoms with Gasteiger partial charge in [-0.15, -0.1) is 0 Å².